The number of hydrogen-bond donors (Lipinski definition) is 1. The Morgan fingerprint density at radius 2 is 2.15 bits per heavy atom. The maximum Gasteiger partial charge on any atom is 0.243 e. The van der Waals surface area contributed by atoms with Crippen molar-refractivity contribution in [3.63, 3.8) is 0 Å². The summed E-state index contributed by atoms with van der Waals surface area (Å²) in [5.41, 5.74) is 0.807. The zero-order chi connectivity index (χ0) is 14.8. The van der Waals surface area contributed by atoms with E-state index in [9.17, 15) is 13.5 Å². The summed E-state index contributed by atoms with van der Waals surface area (Å²) in [7, 11) is -3.53. The number of benzene rings is 1. The van der Waals surface area contributed by atoms with Crippen molar-refractivity contribution in [2.24, 2.45) is 0 Å². The van der Waals surface area contributed by atoms with Gasteiger partial charge in [0.1, 0.15) is 0 Å². The van der Waals surface area contributed by atoms with Gasteiger partial charge in [-0.3, -0.25) is 0 Å². The molecular weight excluding hydrogens is 342 g/mol. The van der Waals surface area contributed by atoms with Crippen molar-refractivity contribution in [2.45, 2.75) is 43.5 Å². The van der Waals surface area contributed by atoms with Crippen LogP contribution in [0, 0.1) is 0 Å². The Morgan fingerprint density at radius 3 is 2.80 bits per heavy atom. The highest BCUT2D eigenvalue weighted by molar-refractivity contribution is 9.10. The minimum atomic E-state index is -3.53. The van der Waals surface area contributed by atoms with Gasteiger partial charge in [-0.2, -0.15) is 4.31 Å². The fourth-order valence-electron chi connectivity index (χ4n) is 2.68. The van der Waals surface area contributed by atoms with E-state index in [1.54, 1.807) is 12.1 Å². The Morgan fingerprint density at radius 1 is 1.40 bits per heavy atom. The first-order valence-corrected chi connectivity index (χ1v) is 9.15. The Labute approximate surface area is 129 Å². The molecule has 1 saturated heterocycles. The molecule has 0 spiro atoms. The average Bonchev–Trinajstić information content (AvgIpc) is 2.46. The first-order valence-electron chi connectivity index (χ1n) is 6.91. The molecule has 1 aromatic rings. The highest BCUT2D eigenvalue weighted by Gasteiger charge is 2.34. The van der Waals surface area contributed by atoms with E-state index < -0.39 is 10.0 Å². The monoisotopic (exact) mass is 361 g/mol. The number of piperidine rings is 1. The minimum absolute atomic E-state index is 0.114. The van der Waals surface area contributed by atoms with Crippen LogP contribution in [0.5, 0.6) is 0 Å². The van der Waals surface area contributed by atoms with Gasteiger partial charge in [0.25, 0.3) is 0 Å². The van der Waals surface area contributed by atoms with Gasteiger partial charge in [0.05, 0.1) is 11.5 Å². The lowest BCUT2D eigenvalue weighted by Crippen LogP contribution is -2.45. The van der Waals surface area contributed by atoms with E-state index in [2.05, 4.69) is 15.9 Å². The summed E-state index contributed by atoms with van der Waals surface area (Å²) in [5.74, 6) is 0. The lowest BCUT2D eigenvalue weighted by Gasteiger charge is -2.34. The van der Waals surface area contributed by atoms with Crippen molar-refractivity contribution in [3.8, 4) is 0 Å². The van der Waals surface area contributed by atoms with Crippen LogP contribution < -0.4 is 0 Å². The number of sulfonamides is 1. The molecule has 6 heteroatoms. The third kappa shape index (κ3) is 3.08. The topological polar surface area (TPSA) is 57.6 Å². The molecular formula is C14H20BrNO3S. The van der Waals surface area contributed by atoms with E-state index in [1.807, 2.05) is 13.0 Å². The van der Waals surface area contributed by atoms with Crippen molar-refractivity contribution in [2.75, 3.05) is 13.2 Å². The standard InChI is InChI=1S/C14H20BrNO3S/c1-2-11-9-12(15)6-7-14(11)20(18,19)16-8-4-3-5-13(16)10-17/h6-7,9,13,17H,2-5,8,10H2,1H3. The quantitative estimate of drug-likeness (QED) is 0.896. The molecule has 1 fully saturated rings. The number of halogens is 1. The van der Waals surface area contributed by atoms with E-state index >= 15 is 0 Å². The van der Waals surface area contributed by atoms with Crippen LogP contribution in [-0.2, 0) is 16.4 Å². The van der Waals surface area contributed by atoms with Gasteiger partial charge in [0, 0.05) is 17.1 Å². The fourth-order valence-corrected chi connectivity index (χ4v) is 5.05. The molecule has 1 atom stereocenters. The predicted octanol–water partition coefficient (Wildman–Crippen LogP) is 2.55. The summed E-state index contributed by atoms with van der Waals surface area (Å²) < 4.78 is 28.0. The van der Waals surface area contributed by atoms with Gasteiger partial charge in [-0.15, -0.1) is 0 Å². The molecule has 0 aliphatic carbocycles. The minimum Gasteiger partial charge on any atom is -0.395 e. The lowest BCUT2D eigenvalue weighted by molar-refractivity contribution is 0.155. The van der Waals surface area contributed by atoms with Crippen LogP contribution in [0.3, 0.4) is 0 Å². The van der Waals surface area contributed by atoms with Crippen LogP contribution in [0.1, 0.15) is 31.7 Å². The molecule has 112 valence electrons. The second kappa shape index (κ2) is 6.56. The molecule has 0 radical (unpaired) electrons. The molecule has 1 aromatic carbocycles. The molecule has 0 amide bonds. The average molecular weight is 362 g/mol. The Bertz CT molecular complexity index is 574. The van der Waals surface area contributed by atoms with E-state index in [-0.39, 0.29) is 12.6 Å². The summed E-state index contributed by atoms with van der Waals surface area (Å²) in [4.78, 5) is 0.364. The first-order chi connectivity index (χ1) is 9.50. The maximum atomic E-state index is 12.8. The highest BCUT2D eigenvalue weighted by atomic mass is 79.9. The van der Waals surface area contributed by atoms with Gasteiger partial charge in [-0.25, -0.2) is 8.42 Å². The zero-order valence-electron chi connectivity index (χ0n) is 11.5. The number of nitrogens with zero attached hydrogens (tertiary/aromatic N) is 1. The molecule has 1 unspecified atom stereocenters. The molecule has 20 heavy (non-hydrogen) atoms. The van der Waals surface area contributed by atoms with Crippen molar-refractivity contribution in [1.29, 1.82) is 0 Å². The van der Waals surface area contributed by atoms with Gasteiger partial charge in [-0.1, -0.05) is 29.3 Å². The molecule has 0 saturated carbocycles. The highest BCUT2D eigenvalue weighted by Crippen LogP contribution is 2.29. The van der Waals surface area contributed by atoms with E-state index in [1.165, 1.54) is 4.31 Å². The van der Waals surface area contributed by atoms with Gasteiger partial charge < -0.3 is 5.11 Å². The Hall–Kier alpha value is -0.430. The number of hydrogen-bond acceptors (Lipinski definition) is 3. The van der Waals surface area contributed by atoms with Crippen LogP contribution >= 0.6 is 15.9 Å². The third-order valence-electron chi connectivity index (χ3n) is 3.77. The molecule has 1 aliphatic rings. The van der Waals surface area contributed by atoms with Crippen LogP contribution in [0.2, 0.25) is 0 Å². The van der Waals surface area contributed by atoms with E-state index in [4.69, 9.17) is 0 Å². The summed E-state index contributed by atoms with van der Waals surface area (Å²) in [6.45, 7) is 2.32. The van der Waals surface area contributed by atoms with Gasteiger partial charge in [-0.05, 0) is 43.0 Å². The summed E-state index contributed by atoms with van der Waals surface area (Å²) >= 11 is 3.38. The molecule has 2 rings (SSSR count). The number of rotatable bonds is 4. The molecule has 1 N–H and O–H groups in total. The first kappa shape index (κ1) is 15.9. The predicted molar refractivity (Wildman–Crippen MR) is 82.1 cm³/mol. The largest absolute Gasteiger partial charge is 0.395 e. The van der Waals surface area contributed by atoms with Crippen molar-refractivity contribution < 1.29 is 13.5 Å². The smallest absolute Gasteiger partial charge is 0.243 e. The Kier molecular flexibility index (Phi) is 5.23. The molecule has 1 heterocycles. The fraction of sp³-hybridized carbons (Fsp3) is 0.571. The normalized spacial score (nSPS) is 21.1. The van der Waals surface area contributed by atoms with Crippen LogP contribution in [0.4, 0.5) is 0 Å². The number of aliphatic hydroxyl groups is 1. The van der Waals surface area contributed by atoms with Crippen molar-refractivity contribution >= 4 is 26.0 Å². The third-order valence-corrected chi connectivity index (χ3v) is 6.32. The van der Waals surface area contributed by atoms with Gasteiger partial charge in [0.2, 0.25) is 10.0 Å². The van der Waals surface area contributed by atoms with Crippen molar-refractivity contribution in [1.82, 2.24) is 4.31 Å². The second-order valence-corrected chi connectivity index (χ2v) is 7.83. The zero-order valence-corrected chi connectivity index (χ0v) is 14.0. The molecule has 0 aromatic heterocycles. The summed E-state index contributed by atoms with van der Waals surface area (Å²) in [5, 5.41) is 9.43. The maximum absolute atomic E-state index is 12.8. The second-order valence-electron chi connectivity index (χ2n) is 5.05. The number of aryl methyl sites for hydroxylation is 1. The SMILES string of the molecule is CCc1cc(Br)ccc1S(=O)(=O)N1CCCCC1CO. The molecule has 0 bridgehead atoms. The van der Waals surface area contributed by atoms with Gasteiger partial charge >= 0.3 is 0 Å². The van der Waals surface area contributed by atoms with Crippen LogP contribution in [-0.4, -0.2) is 37.0 Å². The van der Waals surface area contributed by atoms with E-state index in [0.717, 1.165) is 29.3 Å². The summed E-state index contributed by atoms with van der Waals surface area (Å²) in [6.07, 6.45) is 3.21. The molecule has 4 nitrogen and oxygen atoms in total. The van der Waals surface area contributed by atoms with Crippen LogP contribution in [0.15, 0.2) is 27.6 Å². The van der Waals surface area contributed by atoms with Crippen molar-refractivity contribution in [3.05, 3.63) is 28.2 Å². The van der Waals surface area contributed by atoms with Gasteiger partial charge in [0.15, 0.2) is 0 Å². The molecule has 1 aliphatic heterocycles. The van der Waals surface area contributed by atoms with E-state index in [0.29, 0.717) is 17.9 Å². The van der Waals surface area contributed by atoms with Crippen LogP contribution in [0.25, 0.3) is 0 Å². The Balaban J connectivity index is 2.43. The number of aliphatic hydroxyl groups excluding tert-OH is 1. The summed E-state index contributed by atoms with van der Waals surface area (Å²) in [6, 6.07) is 4.97. The lowest BCUT2D eigenvalue weighted by atomic mass is 10.1.